The van der Waals surface area contributed by atoms with Crippen molar-refractivity contribution in [2.45, 2.75) is 63.8 Å². The van der Waals surface area contributed by atoms with Gasteiger partial charge in [-0.15, -0.1) is 22.6 Å². The smallest absolute Gasteiger partial charge is 0.286 e. The van der Waals surface area contributed by atoms with E-state index in [0.717, 1.165) is 44.5 Å². The van der Waals surface area contributed by atoms with Gasteiger partial charge in [0.1, 0.15) is 0 Å². The molecule has 0 bridgehead atoms. The molecule has 1 aliphatic rings. The molecule has 0 saturated heterocycles. The standard InChI is InChI=1S/C24H34N4O3S.ClH/c1-17(2)20(25-22(30)19-12-8-5-9-13-19)21(29)23-26-27-24(31-23)32-15-14-28(3)16-18-10-6-4-7-11-18;/h4,6-7,10-11,17,19-20H,5,8-9,12-16H2,1-3H3,(H,25,30);1H/t20-;/m0./s1. The number of Topliss-reactive ketones (excluding diaryl/α,β-unsaturated/α-hetero) is 1. The number of nitrogens with one attached hydrogen (secondary N) is 1. The minimum atomic E-state index is -0.653. The lowest BCUT2D eigenvalue weighted by molar-refractivity contribution is -0.126. The van der Waals surface area contributed by atoms with Crippen LogP contribution in [0.5, 0.6) is 0 Å². The van der Waals surface area contributed by atoms with Gasteiger partial charge in [0.25, 0.3) is 11.1 Å². The Labute approximate surface area is 206 Å². The maximum Gasteiger partial charge on any atom is 0.286 e. The highest BCUT2D eigenvalue weighted by atomic mass is 35.5. The number of nitrogens with zero attached hydrogens (tertiary/aromatic N) is 3. The monoisotopic (exact) mass is 494 g/mol. The van der Waals surface area contributed by atoms with Crippen LogP contribution in [0.3, 0.4) is 0 Å². The van der Waals surface area contributed by atoms with Crippen molar-refractivity contribution in [1.82, 2.24) is 20.4 Å². The van der Waals surface area contributed by atoms with Gasteiger partial charge in [0.15, 0.2) is 0 Å². The number of carbonyl (C=O) groups excluding carboxylic acids is 2. The Morgan fingerprint density at radius 1 is 1.15 bits per heavy atom. The molecule has 1 N–H and O–H groups in total. The zero-order valence-electron chi connectivity index (χ0n) is 19.7. The van der Waals surface area contributed by atoms with Crippen molar-refractivity contribution < 1.29 is 14.0 Å². The summed E-state index contributed by atoms with van der Waals surface area (Å²) in [7, 11) is 2.07. The molecule has 1 heterocycles. The van der Waals surface area contributed by atoms with Gasteiger partial charge in [-0.2, -0.15) is 0 Å². The summed E-state index contributed by atoms with van der Waals surface area (Å²) in [6.45, 7) is 5.54. The minimum absolute atomic E-state index is 0. The molecule has 1 aliphatic carbocycles. The fourth-order valence-electron chi connectivity index (χ4n) is 3.93. The molecule has 182 valence electrons. The van der Waals surface area contributed by atoms with Crippen LogP contribution in [-0.4, -0.2) is 52.2 Å². The zero-order chi connectivity index (χ0) is 22.9. The number of hydrogen-bond acceptors (Lipinski definition) is 7. The van der Waals surface area contributed by atoms with Crippen molar-refractivity contribution in [2.75, 3.05) is 19.3 Å². The van der Waals surface area contributed by atoms with Crippen LogP contribution in [0.1, 0.15) is 62.2 Å². The van der Waals surface area contributed by atoms with Gasteiger partial charge in [-0.3, -0.25) is 9.59 Å². The highest BCUT2D eigenvalue weighted by molar-refractivity contribution is 7.99. The Morgan fingerprint density at radius 2 is 1.85 bits per heavy atom. The highest BCUT2D eigenvalue weighted by Gasteiger charge is 2.32. The average molecular weight is 495 g/mol. The van der Waals surface area contributed by atoms with Crippen LogP contribution in [0.4, 0.5) is 0 Å². The number of amides is 1. The van der Waals surface area contributed by atoms with E-state index in [0.29, 0.717) is 5.22 Å². The van der Waals surface area contributed by atoms with Gasteiger partial charge in [0.05, 0.1) is 6.04 Å². The third-order valence-corrected chi connectivity index (χ3v) is 6.63. The van der Waals surface area contributed by atoms with Crippen molar-refractivity contribution in [3.05, 3.63) is 41.8 Å². The van der Waals surface area contributed by atoms with Crippen LogP contribution in [0, 0.1) is 11.8 Å². The summed E-state index contributed by atoms with van der Waals surface area (Å²) in [5.41, 5.74) is 1.26. The molecule has 1 aromatic carbocycles. The van der Waals surface area contributed by atoms with Gasteiger partial charge in [-0.25, -0.2) is 0 Å². The van der Waals surface area contributed by atoms with E-state index in [1.165, 1.54) is 23.7 Å². The second kappa shape index (κ2) is 13.7. The summed E-state index contributed by atoms with van der Waals surface area (Å²) >= 11 is 1.43. The van der Waals surface area contributed by atoms with Crippen LogP contribution < -0.4 is 5.32 Å². The van der Waals surface area contributed by atoms with Crippen molar-refractivity contribution in [2.24, 2.45) is 11.8 Å². The van der Waals surface area contributed by atoms with Crippen LogP contribution in [-0.2, 0) is 11.3 Å². The summed E-state index contributed by atoms with van der Waals surface area (Å²) in [5.74, 6) is 0.319. The first-order valence-electron chi connectivity index (χ1n) is 11.5. The van der Waals surface area contributed by atoms with E-state index in [9.17, 15) is 9.59 Å². The molecule has 1 aromatic heterocycles. The molecule has 7 nitrogen and oxygen atoms in total. The van der Waals surface area contributed by atoms with E-state index in [-0.39, 0.29) is 41.8 Å². The Hall–Kier alpha value is -1.90. The van der Waals surface area contributed by atoms with Gasteiger partial charge in [0.2, 0.25) is 11.7 Å². The molecule has 0 spiro atoms. The number of hydrogen-bond donors (Lipinski definition) is 1. The van der Waals surface area contributed by atoms with Gasteiger partial charge in [0, 0.05) is 24.8 Å². The molecule has 0 aliphatic heterocycles. The highest BCUT2D eigenvalue weighted by Crippen LogP contribution is 2.24. The maximum absolute atomic E-state index is 13.0. The Kier molecular flexibility index (Phi) is 11.4. The second-order valence-corrected chi connectivity index (χ2v) is 9.92. The number of benzene rings is 1. The topological polar surface area (TPSA) is 88.3 Å². The summed E-state index contributed by atoms with van der Waals surface area (Å²) < 4.78 is 5.63. The first-order chi connectivity index (χ1) is 15.4. The van der Waals surface area contributed by atoms with Crippen LogP contribution in [0.15, 0.2) is 40.0 Å². The molecule has 1 saturated carbocycles. The van der Waals surface area contributed by atoms with E-state index in [1.54, 1.807) is 0 Å². The Balaban J connectivity index is 0.00000385. The fraction of sp³-hybridized carbons (Fsp3) is 0.583. The Bertz CT molecular complexity index is 872. The lowest BCUT2D eigenvalue weighted by Crippen LogP contribution is -2.47. The fourth-order valence-corrected chi connectivity index (χ4v) is 4.75. The average Bonchev–Trinajstić information content (AvgIpc) is 3.27. The van der Waals surface area contributed by atoms with Gasteiger partial charge in [-0.05, 0) is 31.4 Å². The molecular formula is C24H35ClN4O3S. The zero-order valence-corrected chi connectivity index (χ0v) is 21.3. The lowest BCUT2D eigenvalue weighted by atomic mass is 9.88. The molecule has 9 heteroatoms. The largest absolute Gasteiger partial charge is 0.408 e. The molecular weight excluding hydrogens is 460 g/mol. The third-order valence-electron chi connectivity index (χ3n) is 5.83. The van der Waals surface area contributed by atoms with Crippen LogP contribution >= 0.6 is 24.2 Å². The third kappa shape index (κ3) is 8.43. The molecule has 2 aromatic rings. The first-order valence-corrected chi connectivity index (χ1v) is 12.5. The first kappa shape index (κ1) is 27.3. The number of halogens is 1. The molecule has 3 rings (SSSR count). The van der Waals surface area contributed by atoms with Crippen molar-refractivity contribution in [3.63, 3.8) is 0 Å². The van der Waals surface area contributed by atoms with Crippen molar-refractivity contribution >= 4 is 35.9 Å². The molecule has 1 atom stereocenters. The van der Waals surface area contributed by atoms with Gasteiger partial charge >= 0.3 is 0 Å². The maximum atomic E-state index is 13.0. The van der Waals surface area contributed by atoms with E-state index < -0.39 is 6.04 Å². The van der Waals surface area contributed by atoms with Crippen LogP contribution in [0.2, 0.25) is 0 Å². The second-order valence-electron chi connectivity index (χ2n) is 8.87. The molecule has 33 heavy (non-hydrogen) atoms. The normalized spacial score (nSPS) is 15.3. The van der Waals surface area contributed by atoms with Gasteiger partial charge < -0.3 is 14.6 Å². The number of rotatable bonds is 11. The quantitative estimate of drug-likeness (QED) is 0.360. The SMILES string of the molecule is CC(C)[C@H](NC(=O)C1CCCCC1)C(=O)c1nnc(SCCN(C)Cc2ccccc2)o1.Cl. The Morgan fingerprint density at radius 3 is 2.52 bits per heavy atom. The number of carbonyl (C=O) groups is 2. The van der Waals surface area contributed by atoms with Crippen molar-refractivity contribution in [1.29, 1.82) is 0 Å². The summed E-state index contributed by atoms with van der Waals surface area (Å²) in [5, 5.41) is 11.3. The van der Waals surface area contributed by atoms with E-state index in [1.807, 2.05) is 32.0 Å². The number of aromatic nitrogens is 2. The van der Waals surface area contributed by atoms with E-state index in [4.69, 9.17) is 4.42 Å². The molecule has 1 amide bonds. The van der Waals surface area contributed by atoms with Crippen LogP contribution in [0.25, 0.3) is 0 Å². The summed E-state index contributed by atoms with van der Waals surface area (Å²) in [6, 6.07) is 9.65. The minimum Gasteiger partial charge on any atom is -0.408 e. The van der Waals surface area contributed by atoms with E-state index >= 15 is 0 Å². The number of ketones is 1. The van der Waals surface area contributed by atoms with Gasteiger partial charge in [-0.1, -0.05) is 75.2 Å². The van der Waals surface area contributed by atoms with E-state index in [2.05, 4.69) is 39.6 Å². The predicted molar refractivity (Wildman–Crippen MR) is 133 cm³/mol. The molecule has 0 radical (unpaired) electrons. The summed E-state index contributed by atoms with van der Waals surface area (Å²) in [6.07, 6.45) is 5.11. The molecule has 1 fully saturated rings. The lowest BCUT2D eigenvalue weighted by Gasteiger charge is -2.25. The predicted octanol–water partition coefficient (Wildman–Crippen LogP) is 4.62. The van der Waals surface area contributed by atoms with Crippen molar-refractivity contribution in [3.8, 4) is 0 Å². The number of thioether (sulfide) groups is 1. The molecule has 0 unspecified atom stereocenters. The summed E-state index contributed by atoms with van der Waals surface area (Å²) in [4.78, 5) is 27.8.